The lowest BCUT2D eigenvalue weighted by atomic mass is 10.3. The normalized spacial score (nSPS) is 13.4. The molecular formula is C18H17N5O2S. The van der Waals surface area contributed by atoms with Gasteiger partial charge in [-0.25, -0.2) is 4.68 Å². The van der Waals surface area contributed by atoms with Crippen LogP contribution < -0.4 is 16.4 Å². The van der Waals surface area contributed by atoms with Gasteiger partial charge in [-0.1, -0.05) is 18.2 Å². The van der Waals surface area contributed by atoms with E-state index in [-0.39, 0.29) is 23.2 Å². The van der Waals surface area contributed by atoms with Crippen LogP contribution in [0.3, 0.4) is 0 Å². The maximum absolute atomic E-state index is 12.5. The highest BCUT2D eigenvalue weighted by atomic mass is 32.1. The van der Waals surface area contributed by atoms with Crippen LogP contribution in [-0.4, -0.2) is 27.6 Å². The number of carbonyl (C=O) groups excluding carboxylic acids is 2. The summed E-state index contributed by atoms with van der Waals surface area (Å²) in [7, 11) is 0. The number of anilines is 2. The highest BCUT2D eigenvalue weighted by Crippen LogP contribution is 2.26. The van der Waals surface area contributed by atoms with Crippen molar-refractivity contribution in [2.75, 3.05) is 11.1 Å². The molecule has 1 aliphatic rings. The van der Waals surface area contributed by atoms with E-state index in [1.165, 1.54) is 22.2 Å². The maximum atomic E-state index is 12.5. The van der Waals surface area contributed by atoms with E-state index in [1.807, 2.05) is 30.3 Å². The van der Waals surface area contributed by atoms with Crippen LogP contribution in [0.4, 0.5) is 10.8 Å². The number of nitrogens with two attached hydrogens (primary N) is 1. The van der Waals surface area contributed by atoms with Gasteiger partial charge >= 0.3 is 0 Å². The quantitative estimate of drug-likeness (QED) is 0.645. The van der Waals surface area contributed by atoms with Crippen molar-refractivity contribution < 1.29 is 9.59 Å². The average Bonchev–Trinajstić information content (AvgIpc) is 3.18. The topological polar surface area (TPSA) is 102 Å². The zero-order valence-corrected chi connectivity index (χ0v) is 14.6. The molecule has 8 heteroatoms. The van der Waals surface area contributed by atoms with Gasteiger partial charge in [-0.05, 0) is 37.1 Å². The molecule has 0 saturated heterocycles. The first-order chi connectivity index (χ1) is 12.6. The fraction of sp³-hybridized carbons (Fsp3) is 0.167. The third-order valence-electron chi connectivity index (χ3n) is 4.03. The Hall–Kier alpha value is -3.13. The summed E-state index contributed by atoms with van der Waals surface area (Å²) in [6.45, 7) is 0. The molecule has 2 amide bonds. The molecule has 2 aromatic heterocycles. The van der Waals surface area contributed by atoms with Crippen molar-refractivity contribution in [2.45, 2.75) is 18.9 Å². The van der Waals surface area contributed by atoms with Crippen molar-refractivity contribution in [1.29, 1.82) is 0 Å². The van der Waals surface area contributed by atoms with Crippen LogP contribution in [0.5, 0.6) is 0 Å². The largest absolute Gasteiger partial charge is 0.383 e. The zero-order valence-electron chi connectivity index (χ0n) is 13.8. The Morgan fingerprint density at radius 2 is 1.88 bits per heavy atom. The maximum Gasteiger partial charge on any atom is 0.261 e. The number of rotatable bonds is 5. The minimum Gasteiger partial charge on any atom is -0.383 e. The Morgan fingerprint density at radius 1 is 1.12 bits per heavy atom. The van der Waals surface area contributed by atoms with Gasteiger partial charge in [0.1, 0.15) is 11.4 Å². The highest BCUT2D eigenvalue weighted by Gasteiger charge is 2.24. The number of nitrogens with zero attached hydrogens (tertiary/aromatic N) is 2. The van der Waals surface area contributed by atoms with Crippen LogP contribution in [0.1, 0.15) is 32.9 Å². The highest BCUT2D eigenvalue weighted by molar-refractivity contribution is 7.18. The predicted octanol–water partition coefficient (Wildman–Crippen LogP) is 2.66. The molecule has 7 nitrogen and oxygen atoms in total. The Morgan fingerprint density at radius 3 is 2.62 bits per heavy atom. The van der Waals surface area contributed by atoms with Gasteiger partial charge in [0, 0.05) is 6.04 Å². The number of hydrogen-bond acceptors (Lipinski definition) is 5. The third kappa shape index (κ3) is 3.31. The summed E-state index contributed by atoms with van der Waals surface area (Å²) in [6, 6.07) is 13.1. The number of nitrogens with one attached hydrogen (secondary N) is 2. The van der Waals surface area contributed by atoms with E-state index in [0.717, 1.165) is 18.5 Å². The van der Waals surface area contributed by atoms with E-state index >= 15 is 0 Å². The lowest BCUT2D eigenvalue weighted by Crippen LogP contribution is -2.24. The van der Waals surface area contributed by atoms with Crippen molar-refractivity contribution in [3.63, 3.8) is 0 Å². The first kappa shape index (κ1) is 16.3. The Kier molecular flexibility index (Phi) is 4.18. The van der Waals surface area contributed by atoms with E-state index in [2.05, 4.69) is 15.7 Å². The van der Waals surface area contributed by atoms with E-state index in [4.69, 9.17) is 5.73 Å². The van der Waals surface area contributed by atoms with Crippen molar-refractivity contribution in [3.05, 3.63) is 59.1 Å². The van der Waals surface area contributed by atoms with Crippen molar-refractivity contribution in [2.24, 2.45) is 0 Å². The van der Waals surface area contributed by atoms with Gasteiger partial charge in [-0.3, -0.25) is 9.59 Å². The molecule has 0 atom stereocenters. The monoisotopic (exact) mass is 367 g/mol. The van der Waals surface area contributed by atoms with Crippen LogP contribution >= 0.6 is 11.3 Å². The van der Waals surface area contributed by atoms with E-state index in [1.54, 1.807) is 12.1 Å². The zero-order chi connectivity index (χ0) is 18.1. The molecular weight excluding hydrogens is 350 g/mol. The number of thiophene rings is 1. The van der Waals surface area contributed by atoms with E-state index in [0.29, 0.717) is 15.9 Å². The van der Waals surface area contributed by atoms with Crippen LogP contribution in [0, 0.1) is 0 Å². The first-order valence-corrected chi connectivity index (χ1v) is 9.04. The minimum absolute atomic E-state index is 0.102. The average molecular weight is 367 g/mol. The lowest BCUT2D eigenvalue weighted by Gasteiger charge is -2.05. The summed E-state index contributed by atoms with van der Waals surface area (Å²) >= 11 is 1.23. The number of para-hydroxylation sites is 1. The summed E-state index contributed by atoms with van der Waals surface area (Å²) in [4.78, 5) is 25.1. The number of hydrogen-bond donors (Lipinski definition) is 3. The smallest absolute Gasteiger partial charge is 0.261 e. The molecule has 1 fully saturated rings. The molecule has 1 saturated carbocycles. The second-order valence-corrected chi connectivity index (χ2v) is 7.14. The Labute approximate surface area is 153 Å². The van der Waals surface area contributed by atoms with Gasteiger partial charge in [0.2, 0.25) is 0 Å². The molecule has 4 rings (SSSR count). The van der Waals surface area contributed by atoms with Crippen LogP contribution in [-0.2, 0) is 0 Å². The summed E-state index contributed by atoms with van der Waals surface area (Å²) in [5, 5.41) is 10.5. The molecule has 2 heterocycles. The summed E-state index contributed by atoms with van der Waals surface area (Å²) in [6.07, 6.45) is 3.50. The number of aromatic nitrogens is 2. The standard InChI is InChI=1S/C18H17N5O2S/c19-16-13(10-20-23(16)12-4-2-1-3-5-12)17(24)22-15-9-8-14(26-15)18(25)21-11-6-7-11/h1-5,8-11H,6-7,19H2,(H,21,25)(H,22,24). The van der Waals surface area contributed by atoms with Crippen molar-refractivity contribution in [3.8, 4) is 5.69 Å². The van der Waals surface area contributed by atoms with E-state index < -0.39 is 0 Å². The summed E-state index contributed by atoms with van der Waals surface area (Å²) in [5.74, 6) is -0.202. The lowest BCUT2D eigenvalue weighted by molar-refractivity contribution is 0.0954. The molecule has 0 aliphatic heterocycles. The molecule has 0 radical (unpaired) electrons. The fourth-order valence-corrected chi connectivity index (χ4v) is 3.30. The SMILES string of the molecule is Nc1c(C(=O)Nc2ccc(C(=O)NC3CC3)s2)cnn1-c1ccccc1. The van der Waals surface area contributed by atoms with Gasteiger partial charge in [0.25, 0.3) is 11.8 Å². The molecule has 1 aliphatic carbocycles. The second kappa shape index (κ2) is 6.64. The number of nitrogen functional groups attached to an aromatic ring is 1. The van der Waals surface area contributed by atoms with Gasteiger partial charge < -0.3 is 16.4 Å². The molecule has 26 heavy (non-hydrogen) atoms. The molecule has 3 aromatic rings. The molecule has 132 valence electrons. The number of amides is 2. The predicted molar refractivity (Wildman–Crippen MR) is 101 cm³/mol. The fourth-order valence-electron chi connectivity index (χ4n) is 2.50. The minimum atomic E-state index is -0.360. The van der Waals surface area contributed by atoms with Crippen molar-refractivity contribution >= 4 is 34.0 Å². The molecule has 1 aromatic carbocycles. The van der Waals surface area contributed by atoms with Crippen LogP contribution in [0.2, 0.25) is 0 Å². The number of carbonyl (C=O) groups is 2. The van der Waals surface area contributed by atoms with E-state index in [9.17, 15) is 9.59 Å². The van der Waals surface area contributed by atoms with Gasteiger partial charge in [-0.2, -0.15) is 5.10 Å². The molecule has 0 spiro atoms. The van der Waals surface area contributed by atoms with Gasteiger partial charge in [0.15, 0.2) is 0 Å². The van der Waals surface area contributed by atoms with Crippen molar-refractivity contribution in [1.82, 2.24) is 15.1 Å². The molecule has 0 unspecified atom stereocenters. The van der Waals surface area contributed by atoms with Crippen LogP contribution in [0.15, 0.2) is 48.7 Å². The summed E-state index contributed by atoms with van der Waals surface area (Å²) < 4.78 is 1.51. The molecule has 0 bridgehead atoms. The first-order valence-electron chi connectivity index (χ1n) is 8.23. The summed E-state index contributed by atoms with van der Waals surface area (Å²) in [5.41, 5.74) is 7.14. The third-order valence-corrected chi connectivity index (χ3v) is 5.03. The Balaban J connectivity index is 1.48. The van der Waals surface area contributed by atoms with Gasteiger partial charge in [0.05, 0.1) is 21.8 Å². The van der Waals surface area contributed by atoms with Gasteiger partial charge in [-0.15, -0.1) is 11.3 Å². The number of benzene rings is 1. The molecule has 4 N–H and O–H groups in total. The van der Waals surface area contributed by atoms with Crippen LogP contribution in [0.25, 0.3) is 5.69 Å². The second-order valence-electron chi connectivity index (χ2n) is 6.06. The Bertz CT molecular complexity index is 959.